The molecule has 4 nitrogen and oxygen atoms in total. The average molecular weight is 276 g/mol. The molecule has 2 aromatic rings. The Hall–Kier alpha value is -1.75. The molecule has 19 heavy (non-hydrogen) atoms. The zero-order valence-electron chi connectivity index (χ0n) is 11.0. The van der Waals surface area contributed by atoms with Crippen LogP contribution in [0, 0.1) is 13.8 Å². The molecule has 0 unspecified atom stereocenters. The zero-order chi connectivity index (χ0) is 13.7. The van der Waals surface area contributed by atoms with Crippen molar-refractivity contribution in [2.24, 2.45) is 0 Å². The average Bonchev–Trinajstić information content (AvgIpc) is 2.74. The van der Waals surface area contributed by atoms with Crippen LogP contribution in [0.25, 0.3) is 0 Å². The first-order valence-electron chi connectivity index (χ1n) is 6.02. The van der Waals surface area contributed by atoms with Crippen LogP contribution < -0.4 is 5.32 Å². The highest BCUT2D eigenvalue weighted by Gasteiger charge is 2.07. The maximum absolute atomic E-state index is 11.7. The van der Waals surface area contributed by atoms with Gasteiger partial charge in [0.25, 0.3) is 0 Å². The number of hydrogen-bond acceptors (Lipinski definition) is 4. The molecule has 0 saturated carbocycles. The number of amides is 1. The molecule has 0 fully saturated rings. The molecule has 1 heterocycles. The normalized spacial score (nSPS) is 10.4. The van der Waals surface area contributed by atoms with E-state index in [1.807, 2.05) is 44.2 Å². The van der Waals surface area contributed by atoms with Gasteiger partial charge in [-0.2, -0.15) is 0 Å². The Labute approximate surface area is 116 Å². The largest absolute Gasteiger partial charge is 0.444 e. The van der Waals surface area contributed by atoms with Crippen LogP contribution >= 0.6 is 11.8 Å². The summed E-state index contributed by atoms with van der Waals surface area (Å²) in [5.41, 5.74) is 0.864. The van der Waals surface area contributed by atoms with Crippen molar-refractivity contribution in [2.45, 2.75) is 25.3 Å². The van der Waals surface area contributed by atoms with Crippen molar-refractivity contribution in [3.63, 3.8) is 0 Å². The predicted octanol–water partition coefficient (Wildman–Crippen LogP) is 2.70. The molecular formula is C14H16N2O2S. The van der Waals surface area contributed by atoms with Crippen LogP contribution in [0.4, 0.5) is 0 Å². The number of hydrogen-bond donors (Lipinski definition) is 1. The van der Waals surface area contributed by atoms with E-state index in [2.05, 4.69) is 10.3 Å². The number of thioether (sulfide) groups is 1. The van der Waals surface area contributed by atoms with Gasteiger partial charge in [-0.25, -0.2) is 4.98 Å². The van der Waals surface area contributed by atoms with Crippen molar-refractivity contribution in [1.29, 1.82) is 0 Å². The first-order valence-corrected chi connectivity index (χ1v) is 7.01. The van der Waals surface area contributed by atoms with Gasteiger partial charge < -0.3 is 9.73 Å². The minimum absolute atomic E-state index is 0.0256. The first kappa shape index (κ1) is 13.7. The lowest BCUT2D eigenvalue weighted by molar-refractivity contribution is -0.118. The molecular weight excluding hydrogens is 260 g/mol. The van der Waals surface area contributed by atoms with E-state index in [0.717, 1.165) is 16.3 Å². The molecule has 0 atom stereocenters. The van der Waals surface area contributed by atoms with Gasteiger partial charge in [0.05, 0.1) is 18.0 Å². The third kappa shape index (κ3) is 4.13. The zero-order valence-corrected chi connectivity index (χ0v) is 11.8. The number of oxazole rings is 1. The molecule has 100 valence electrons. The Balaban J connectivity index is 1.76. The molecule has 0 radical (unpaired) electrons. The summed E-state index contributed by atoms with van der Waals surface area (Å²) in [7, 11) is 0. The molecule has 1 amide bonds. The smallest absolute Gasteiger partial charge is 0.230 e. The number of benzene rings is 1. The molecule has 0 aliphatic heterocycles. The Bertz CT molecular complexity index is 532. The second kappa shape index (κ2) is 6.43. The Kier molecular flexibility index (Phi) is 4.63. The minimum Gasteiger partial charge on any atom is -0.444 e. The second-order valence-corrected chi connectivity index (χ2v) is 5.18. The summed E-state index contributed by atoms with van der Waals surface area (Å²) in [5, 5.41) is 2.79. The number of nitrogens with zero attached hydrogens (tertiary/aromatic N) is 1. The summed E-state index contributed by atoms with van der Waals surface area (Å²) in [4.78, 5) is 17.0. The molecule has 0 spiro atoms. The van der Waals surface area contributed by atoms with E-state index in [1.54, 1.807) is 0 Å². The van der Waals surface area contributed by atoms with Crippen LogP contribution in [0.2, 0.25) is 0 Å². The second-order valence-electron chi connectivity index (χ2n) is 4.13. The molecule has 1 aromatic carbocycles. The lowest BCUT2D eigenvalue weighted by Gasteiger charge is -2.02. The van der Waals surface area contributed by atoms with Gasteiger partial charge in [-0.15, -0.1) is 11.8 Å². The molecule has 2 rings (SSSR count). The van der Waals surface area contributed by atoms with Crippen LogP contribution in [0.1, 0.15) is 17.3 Å². The Morgan fingerprint density at radius 3 is 2.68 bits per heavy atom. The van der Waals surface area contributed by atoms with Crippen molar-refractivity contribution >= 4 is 17.7 Å². The summed E-state index contributed by atoms with van der Waals surface area (Å²) >= 11 is 1.51. The fourth-order valence-corrected chi connectivity index (χ4v) is 2.26. The number of aromatic nitrogens is 1. The number of carbonyl (C=O) groups is 1. The summed E-state index contributed by atoms with van der Waals surface area (Å²) in [5.74, 6) is 1.71. The summed E-state index contributed by atoms with van der Waals surface area (Å²) in [6, 6.07) is 9.84. The van der Waals surface area contributed by atoms with E-state index >= 15 is 0 Å². The molecule has 5 heteroatoms. The SMILES string of the molecule is Cc1nc(CNC(=O)CSc2ccccc2)oc1C. The third-order valence-corrected chi connectivity index (χ3v) is 3.63. The first-order chi connectivity index (χ1) is 9.15. The third-order valence-electron chi connectivity index (χ3n) is 2.62. The van der Waals surface area contributed by atoms with Gasteiger partial charge in [-0.05, 0) is 26.0 Å². The van der Waals surface area contributed by atoms with Crippen molar-refractivity contribution in [3.8, 4) is 0 Å². The maximum atomic E-state index is 11.7. The summed E-state index contributed by atoms with van der Waals surface area (Å²) in [6.45, 7) is 4.08. The maximum Gasteiger partial charge on any atom is 0.230 e. The van der Waals surface area contributed by atoms with Gasteiger partial charge in [-0.1, -0.05) is 18.2 Å². The van der Waals surface area contributed by atoms with Gasteiger partial charge in [0, 0.05) is 4.90 Å². The van der Waals surface area contributed by atoms with E-state index in [0.29, 0.717) is 18.2 Å². The van der Waals surface area contributed by atoms with Crippen LogP contribution in [0.15, 0.2) is 39.6 Å². The minimum atomic E-state index is -0.0256. The van der Waals surface area contributed by atoms with Gasteiger partial charge in [0.15, 0.2) is 0 Å². The van der Waals surface area contributed by atoms with E-state index < -0.39 is 0 Å². The van der Waals surface area contributed by atoms with Crippen molar-refractivity contribution in [1.82, 2.24) is 10.3 Å². The van der Waals surface area contributed by atoms with Crippen molar-refractivity contribution in [2.75, 3.05) is 5.75 Å². The van der Waals surface area contributed by atoms with Crippen molar-refractivity contribution in [3.05, 3.63) is 47.7 Å². The standard InChI is InChI=1S/C14H16N2O2S/c1-10-11(2)18-14(16-10)8-15-13(17)9-19-12-6-4-3-5-7-12/h3-7H,8-9H2,1-2H3,(H,15,17). The van der Waals surface area contributed by atoms with Crippen LogP contribution in [0.5, 0.6) is 0 Å². The van der Waals surface area contributed by atoms with Gasteiger partial charge >= 0.3 is 0 Å². The highest BCUT2D eigenvalue weighted by Crippen LogP contribution is 2.16. The van der Waals surface area contributed by atoms with E-state index in [9.17, 15) is 4.79 Å². The molecule has 0 bridgehead atoms. The molecule has 0 aliphatic carbocycles. The lowest BCUT2D eigenvalue weighted by Crippen LogP contribution is -2.24. The summed E-state index contributed by atoms with van der Waals surface area (Å²) < 4.78 is 5.39. The van der Waals surface area contributed by atoms with E-state index in [1.165, 1.54) is 11.8 Å². The quantitative estimate of drug-likeness (QED) is 0.853. The van der Waals surface area contributed by atoms with E-state index in [4.69, 9.17) is 4.42 Å². The molecule has 0 aliphatic rings. The van der Waals surface area contributed by atoms with Gasteiger partial charge in [0.1, 0.15) is 5.76 Å². The highest BCUT2D eigenvalue weighted by atomic mass is 32.2. The highest BCUT2D eigenvalue weighted by molar-refractivity contribution is 8.00. The Morgan fingerprint density at radius 1 is 1.32 bits per heavy atom. The number of rotatable bonds is 5. The monoisotopic (exact) mass is 276 g/mol. The fraction of sp³-hybridized carbons (Fsp3) is 0.286. The fourth-order valence-electron chi connectivity index (χ4n) is 1.51. The molecule has 0 saturated heterocycles. The van der Waals surface area contributed by atoms with Crippen molar-refractivity contribution < 1.29 is 9.21 Å². The molecule has 1 aromatic heterocycles. The topological polar surface area (TPSA) is 55.1 Å². The number of carbonyl (C=O) groups excluding carboxylic acids is 1. The lowest BCUT2D eigenvalue weighted by atomic mass is 10.4. The van der Waals surface area contributed by atoms with Crippen LogP contribution in [0.3, 0.4) is 0 Å². The predicted molar refractivity (Wildman–Crippen MR) is 75.0 cm³/mol. The van der Waals surface area contributed by atoms with Crippen LogP contribution in [-0.2, 0) is 11.3 Å². The van der Waals surface area contributed by atoms with Gasteiger partial charge in [-0.3, -0.25) is 4.79 Å². The molecule has 1 N–H and O–H groups in total. The van der Waals surface area contributed by atoms with Gasteiger partial charge in [0.2, 0.25) is 11.8 Å². The Morgan fingerprint density at radius 2 is 2.05 bits per heavy atom. The number of aryl methyl sites for hydroxylation is 2. The number of nitrogens with one attached hydrogen (secondary N) is 1. The van der Waals surface area contributed by atoms with Crippen LogP contribution in [-0.4, -0.2) is 16.6 Å². The van der Waals surface area contributed by atoms with E-state index in [-0.39, 0.29) is 5.91 Å². The summed E-state index contributed by atoms with van der Waals surface area (Å²) in [6.07, 6.45) is 0.